The molecule has 0 amide bonds. The van der Waals surface area contributed by atoms with Gasteiger partial charge in [0, 0.05) is 43.7 Å². The highest BCUT2D eigenvalue weighted by Crippen LogP contribution is 2.28. The van der Waals surface area contributed by atoms with Gasteiger partial charge >= 0.3 is 6.01 Å². The molecule has 0 saturated carbocycles. The average molecular weight is 372 g/mol. The molecule has 0 spiro atoms. The van der Waals surface area contributed by atoms with Crippen molar-refractivity contribution < 1.29 is 9.47 Å². The first-order valence-corrected chi connectivity index (χ1v) is 9.90. The number of piperazine rings is 1. The second-order valence-corrected chi connectivity index (χ2v) is 7.60. The molecule has 4 heterocycles. The molecule has 146 valence electrons. The van der Waals surface area contributed by atoms with Crippen LogP contribution in [0.2, 0.25) is 0 Å². The Kier molecular flexibility index (Phi) is 5.72. The number of anilines is 1. The van der Waals surface area contributed by atoms with Crippen molar-refractivity contribution in [3.05, 3.63) is 11.3 Å². The molecule has 1 N–H and O–H groups in total. The van der Waals surface area contributed by atoms with E-state index in [1.165, 1.54) is 6.42 Å². The SMILES string of the molecule is CN1CCC[C@H]1COc1nc2c(c(N3CCN[C@@H](CC#N)C3)n1)COCC2. The van der Waals surface area contributed by atoms with Gasteiger partial charge in [0.1, 0.15) is 12.4 Å². The summed E-state index contributed by atoms with van der Waals surface area (Å²) in [6.07, 6.45) is 3.67. The van der Waals surface area contributed by atoms with E-state index in [1.807, 2.05) is 0 Å². The van der Waals surface area contributed by atoms with Gasteiger partial charge in [-0.2, -0.15) is 15.2 Å². The molecule has 4 rings (SSSR count). The van der Waals surface area contributed by atoms with Crippen LogP contribution in [0.5, 0.6) is 6.01 Å². The van der Waals surface area contributed by atoms with E-state index in [0.717, 1.165) is 56.1 Å². The van der Waals surface area contributed by atoms with Crippen LogP contribution in [0.15, 0.2) is 0 Å². The van der Waals surface area contributed by atoms with Gasteiger partial charge in [-0.3, -0.25) is 0 Å². The number of rotatable bonds is 5. The van der Waals surface area contributed by atoms with Gasteiger partial charge in [0.15, 0.2) is 0 Å². The number of fused-ring (bicyclic) bond motifs is 1. The smallest absolute Gasteiger partial charge is 0.318 e. The number of aromatic nitrogens is 2. The lowest BCUT2D eigenvalue weighted by Gasteiger charge is -2.35. The summed E-state index contributed by atoms with van der Waals surface area (Å²) < 4.78 is 11.7. The molecule has 0 aromatic carbocycles. The molecule has 2 fully saturated rings. The van der Waals surface area contributed by atoms with Gasteiger partial charge in [-0.25, -0.2) is 0 Å². The Morgan fingerprint density at radius 2 is 2.30 bits per heavy atom. The number of nitrogens with zero attached hydrogens (tertiary/aromatic N) is 5. The summed E-state index contributed by atoms with van der Waals surface area (Å²) in [5.41, 5.74) is 2.11. The molecule has 27 heavy (non-hydrogen) atoms. The van der Waals surface area contributed by atoms with Gasteiger partial charge in [0.05, 0.1) is 31.4 Å². The van der Waals surface area contributed by atoms with E-state index in [4.69, 9.17) is 19.7 Å². The maximum absolute atomic E-state index is 9.03. The molecule has 1 aromatic heterocycles. The standard InChI is InChI=1S/C19H28N6O2/c1-24-8-2-3-15(24)12-27-19-22-17-5-10-26-13-16(17)18(23-19)25-9-7-21-14(11-25)4-6-20/h14-15,21H,2-5,7-13H2,1H3/t14-,15-/m0/s1. The van der Waals surface area contributed by atoms with Crippen LogP contribution < -0.4 is 15.0 Å². The van der Waals surface area contributed by atoms with Crippen molar-refractivity contribution in [2.45, 2.75) is 44.4 Å². The fourth-order valence-corrected chi connectivity index (χ4v) is 4.14. The summed E-state index contributed by atoms with van der Waals surface area (Å²) in [6.45, 7) is 5.45. The van der Waals surface area contributed by atoms with Crippen molar-refractivity contribution >= 4 is 5.82 Å². The Balaban J connectivity index is 1.55. The molecule has 3 aliphatic rings. The van der Waals surface area contributed by atoms with Crippen LogP contribution >= 0.6 is 0 Å². The monoisotopic (exact) mass is 372 g/mol. The third-order valence-corrected chi connectivity index (χ3v) is 5.75. The summed E-state index contributed by atoms with van der Waals surface area (Å²) in [6, 6.07) is 3.34. The van der Waals surface area contributed by atoms with Crippen LogP contribution in [0.25, 0.3) is 0 Å². The lowest BCUT2D eigenvalue weighted by molar-refractivity contribution is 0.108. The molecule has 1 aromatic rings. The first kappa shape index (κ1) is 18.4. The van der Waals surface area contributed by atoms with E-state index in [1.54, 1.807) is 0 Å². The minimum Gasteiger partial charge on any atom is -0.462 e. The molecule has 2 atom stereocenters. The Bertz CT molecular complexity index is 706. The van der Waals surface area contributed by atoms with Crippen LogP contribution in [0, 0.1) is 11.3 Å². The van der Waals surface area contributed by atoms with Crippen molar-refractivity contribution in [1.82, 2.24) is 20.2 Å². The fourth-order valence-electron chi connectivity index (χ4n) is 4.14. The minimum atomic E-state index is 0.162. The van der Waals surface area contributed by atoms with Crippen molar-refractivity contribution in [3.63, 3.8) is 0 Å². The average Bonchev–Trinajstić information content (AvgIpc) is 3.11. The van der Waals surface area contributed by atoms with Crippen LogP contribution in [0.1, 0.15) is 30.5 Å². The fraction of sp³-hybridized carbons (Fsp3) is 0.737. The molecule has 2 saturated heterocycles. The zero-order chi connectivity index (χ0) is 18.6. The lowest BCUT2D eigenvalue weighted by atomic mass is 10.1. The molecular formula is C19H28N6O2. The number of hydrogen-bond acceptors (Lipinski definition) is 8. The highest BCUT2D eigenvalue weighted by Gasteiger charge is 2.27. The maximum Gasteiger partial charge on any atom is 0.318 e. The van der Waals surface area contributed by atoms with Crippen molar-refractivity contribution in [2.75, 3.05) is 51.3 Å². The van der Waals surface area contributed by atoms with Gasteiger partial charge in [-0.1, -0.05) is 0 Å². The van der Waals surface area contributed by atoms with Crippen LogP contribution in [-0.4, -0.2) is 73.4 Å². The molecule has 0 bridgehead atoms. The zero-order valence-corrected chi connectivity index (χ0v) is 16.0. The number of hydrogen-bond donors (Lipinski definition) is 1. The van der Waals surface area contributed by atoms with Crippen molar-refractivity contribution in [1.29, 1.82) is 5.26 Å². The first-order valence-electron chi connectivity index (χ1n) is 9.90. The van der Waals surface area contributed by atoms with E-state index < -0.39 is 0 Å². The number of nitrogens with one attached hydrogen (secondary N) is 1. The Labute approximate surface area is 160 Å². The van der Waals surface area contributed by atoms with E-state index in [-0.39, 0.29) is 6.04 Å². The van der Waals surface area contributed by atoms with Crippen LogP contribution in [0.3, 0.4) is 0 Å². The van der Waals surface area contributed by atoms with Gasteiger partial charge < -0.3 is 24.6 Å². The summed E-state index contributed by atoms with van der Waals surface area (Å²) in [4.78, 5) is 14.1. The zero-order valence-electron chi connectivity index (χ0n) is 16.0. The highest BCUT2D eigenvalue weighted by atomic mass is 16.5. The quantitative estimate of drug-likeness (QED) is 0.809. The van der Waals surface area contributed by atoms with Gasteiger partial charge in [-0.15, -0.1) is 0 Å². The molecule has 8 heteroatoms. The Morgan fingerprint density at radius 1 is 1.37 bits per heavy atom. The van der Waals surface area contributed by atoms with Gasteiger partial charge in [-0.05, 0) is 26.4 Å². The summed E-state index contributed by atoms with van der Waals surface area (Å²) in [7, 11) is 2.15. The number of ether oxygens (including phenoxy) is 2. The highest BCUT2D eigenvalue weighted by molar-refractivity contribution is 5.51. The summed E-state index contributed by atoms with van der Waals surface area (Å²) in [5.74, 6) is 0.916. The first-order chi connectivity index (χ1) is 13.2. The predicted octanol–water partition coefficient (Wildman–Crippen LogP) is 0.714. The van der Waals surface area contributed by atoms with E-state index in [0.29, 0.717) is 38.3 Å². The molecule has 3 aliphatic heterocycles. The third kappa shape index (κ3) is 4.15. The second-order valence-electron chi connectivity index (χ2n) is 7.60. The summed E-state index contributed by atoms with van der Waals surface area (Å²) >= 11 is 0. The molecule has 0 unspecified atom stereocenters. The maximum atomic E-state index is 9.03. The molecule has 0 radical (unpaired) electrons. The van der Waals surface area contributed by atoms with Crippen molar-refractivity contribution in [3.8, 4) is 12.1 Å². The molecule has 0 aliphatic carbocycles. The topological polar surface area (TPSA) is 86.5 Å². The largest absolute Gasteiger partial charge is 0.462 e. The number of nitriles is 1. The van der Waals surface area contributed by atoms with E-state index in [9.17, 15) is 0 Å². The minimum absolute atomic E-state index is 0.162. The molecule has 8 nitrogen and oxygen atoms in total. The lowest BCUT2D eigenvalue weighted by Crippen LogP contribution is -2.51. The van der Waals surface area contributed by atoms with Crippen molar-refractivity contribution in [2.24, 2.45) is 0 Å². The predicted molar refractivity (Wildman–Crippen MR) is 101 cm³/mol. The normalized spacial score (nSPS) is 25.9. The summed E-state index contributed by atoms with van der Waals surface area (Å²) in [5, 5.41) is 12.4. The number of likely N-dealkylation sites (tertiary alicyclic amines) is 1. The number of likely N-dealkylation sites (N-methyl/N-ethyl adjacent to an activating group) is 1. The van der Waals surface area contributed by atoms with Crippen LogP contribution in [0.4, 0.5) is 5.82 Å². The van der Waals surface area contributed by atoms with Gasteiger partial charge in [0.25, 0.3) is 0 Å². The Morgan fingerprint density at radius 3 is 3.11 bits per heavy atom. The van der Waals surface area contributed by atoms with Gasteiger partial charge in [0.2, 0.25) is 0 Å². The third-order valence-electron chi connectivity index (χ3n) is 5.75. The van der Waals surface area contributed by atoms with Crippen LogP contribution in [-0.2, 0) is 17.8 Å². The Hall–Kier alpha value is -1.95. The van der Waals surface area contributed by atoms with E-state index >= 15 is 0 Å². The second kappa shape index (κ2) is 8.38. The van der Waals surface area contributed by atoms with E-state index in [2.05, 4.69) is 33.2 Å². The molecular weight excluding hydrogens is 344 g/mol.